The van der Waals surface area contributed by atoms with Gasteiger partial charge < -0.3 is 15.1 Å². The Morgan fingerprint density at radius 1 is 1.18 bits per heavy atom. The summed E-state index contributed by atoms with van der Waals surface area (Å²) in [6.45, 7) is 7.29. The first-order valence-electron chi connectivity index (χ1n) is 7.10. The second kappa shape index (κ2) is 5.25. The van der Waals surface area contributed by atoms with Crippen LogP contribution in [0.15, 0.2) is 0 Å². The molecule has 0 unspecified atom stereocenters. The largest absolute Gasteiger partial charge is 0.316 e. The molecular weight excluding hydrogens is 210 g/mol. The minimum absolute atomic E-state index is 0.476. The summed E-state index contributed by atoms with van der Waals surface area (Å²) >= 11 is 0. The van der Waals surface area contributed by atoms with Crippen molar-refractivity contribution in [3.8, 4) is 0 Å². The Balaban J connectivity index is 1.82. The zero-order valence-electron chi connectivity index (χ0n) is 12.0. The average molecular weight is 239 g/mol. The van der Waals surface area contributed by atoms with Crippen molar-refractivity contribution in [2.45, 2.75) is 31.7 Å². The van der Waals surface area contributed by atoms with Crippen molar-refractivity contribution in [2.24, 2.45) is 11.8 Å². The van der Waals surface area contributed by atoms with Gasteiger partial charge in [-0.25, -0.2) is 0 Å². The van der Waals surface area contributed by atoms with Crippen LogP contribution < -0.4 is 5.32 Å². The van der Waals surface area contributed by atoms with Gasteiger partial charge in [-0.15, -0.1) is 0 Å². The highest BCUT2D eigenvalue weighted by Gasteiger charge is 2.40. The summed E-state index contributed by atoms with van der Waals surface area (Å²) in [5.41, 5.74) is 0.476. The molecule has 1 aliphatic heterocycles. The maximum absolute atomic E-state index is 3.50. The summed E-state index contributed by atoms with van der Waals surface area (Å²) in [5, 5.41) is 3.50. The van der Waals surface area contributed by atoms with E-state index in [9.17, 15) is 0 Å². The molecule has 0 bridgehead atoms. The third kappa shape index (κ3) is 2.83. The summed E-state index contributed by atoms with van der Waals surface area (Å²) in [7, 11) is 6.79. The molecular formula is C14H29N3. The van der Waals surface area contributed by atoms with Crippen molar-refractivity contribution in [1.29, 1.82) is 0 Å². The number of hydrogen-bond donors (Lipinski definition) is 1. The molecule has 1 N–H and O–H groups in total. The highest BCUT2D eigenvalue weighted by molar-refractivity contribution is 4.98. The third-order valence-electron chi connectivity index (χ3n) is 5.02. The lowest BCUT2D eigenvalue weighted by Crippen LogP contribution is -2.57. The third-order valence-corrected chi connectivity index (χ3v) is 5.02. The second-order valence-corrected chi connectivity index (χ2v) is 6.56. The van der Waals surface area contributed by atoms with E-state index in [0.29, 0.717) is 5.54 Å². The van der Waals surface area contributed by atoms with Gasteiger partial charge in [0.15, 0.2) is 0 Å². The zero-order valence-corrected chi connectivity index (χ0v) is 12.0. The number of likely N-dealkylation sites (N-methyl/N-ethyl adjacent to an activating group) is 2. The molecule has 2 fully saturated rings. The van der Waals surface area contributed by atoms with Gasteiger partial charge in [-0.1, -0.05) is 6.92 Å². The van der Waals surface area contributed by atoms with Gasteiger partial charge >= 0.3 is 0 Å². The first-order chi connectivity index (χ1) is 8.03. The minimum Gasteiger partial charge on any atom is -0.316 e. The van der Waals surface area contributed by atoms with Crippen LogP contribution in [0.4, 0.5) is 0 Å². The summed E-state index contributed by atoms with van der Waals surface area (Å²) in [4.78, 5) is 5.01. The van der Waals surface area contributed by atoms with E-state index in [1.54, 1.807) is 0 Å². The van der Waals surface area contributed by atoms with Crippen LogP contribution in [0.3, 0.4) is 0 Å². The van der Waals surface area contributed by atoms with Crippen molar-refractivity contribution >= 4 is 0 Å². The maximum Gasteiger partial charge on any atom is 0.0330 e. The monoisotopic (exact) mass is 239 g/mol. The fourth-order valence-corrected chi connectivity index (χ4v) is 3.41. The topological polar surface area (TPSA) is 18.5 Å². The molecule has 1 saturated carbocycles. The molecule has 0 radical (unpaired) electrons. The lowest BCUT2D eigenvalue weighted by Gasteiger charge is -2.49. The predicted molar refractivity (Wildman–Crippen MR) is 73.3 cm³/mol. The van der Waals surface area contributed by atoms with Gasteiger partial charge in [-0.05, 0) is 65.3 Å². The Hall–Kier alpha value is -0.120. The highest BCUT2D eigenvalue weighted by atomic mass is 15.2. The van der Waals surface area contributed by atoms with Gasteiger partial charge in [-0.3, -0.25) is 0 Å². The van der Waals surface area contributed by atoms with Crippen LogP contribution in [0.25, 0.3) is 0 Å². The van der Waals surface area contributed by atoms with Crippen LogP contribution in [0.5, 0.6) is 0 Å². The molecule has 0 aromatic rings. The van der Waals surface area contributed by atoms with Crippen LogP contribution in [0.2, 0.25) is 0 Å². The van der Waals surface area contributed by atoms with Gasteiger partial charge in [0.25, 0.3) is 0 Å². The lowest BCUT2D eigenvalue weighted by atomic mass is 9.75. The summed E-state index contributed by atoms with van der Waals surface area (Å²) in [6, 6.07) is 0. The number of nitrogens with one attached hydrogen (secondary N) is 1. The second-order valence-electron chi connectivity index (χ2n) is 6.56. The first-order valence-corrected chi connectivity index (χ1v) is 7.10. The predicted octanol–water partition coefficient (Wildman–Crippen LogP) is 1.26. The Morgan fingerprint density at radius 2 is 1.88 bits per heavy atom. The normalized spacial score (nSPS) is 32.1. The molecule has 17 heavy (non-hydrogen) atoms. The quantitative estimate of drug-likeness (QED) is 0.779. The SMILES string of the molecule is C[C@@H]1CNC[C@H]1CN(C)CC1(N(C)C)CCC1. The van der Waals surface area contributed by atoms with Gasteiger partial charge in [0.05, 0.1) is 0 Å². The van der Waals surface area contributed by atoms with E-state index < -0.39 is 0 Å². The van der Waals surface area contributed by atoms with Crippen LogP contribution in [0, 0.1) is 11.8 Å². The van der Waals surface area contributed by atoms with Gasteiger partial charge in [-0.2, -0.15) is 0 Å². The minimum atomic E-state index is 0.476. The Morgan fingerprint density at radius 3 is 2.29 bits per heavy atom. The molecule has 0 aromatic carbocycles. The molecule has 3 heteroatoms. The molecule has 2 aliphatic rings. The van der Waals surface area contributed by atoms with Crippen LogP contribution in [-0.4, -0.2) is 62.7 Å². The van der Waals surface area contributed by atoms with E-state index in [0.717, 1.165) is 11.8 Å². The number of rotatable bonds is 5. The molecule has 3 nitrogen and oxygen atoms in total. The molecule has 0 spiro atoms. The Labute approximate surface area is 107 Å². The molecule has 2 atom stereocenters. The van der Waals surface area contributed by atoms with E-state index in [1.807, 2.05) is 0 Å². The standard InChI is InChI=1S/C14H29N3/c1-12-8-15-9-13(12)10-17(4)11-14(16(2)3)6-5-7-14/h12-13,15H,5-11H2,1-4H3/t12-,13+/m1/s1. The van der Waals surface area contributed by atoms with E-state index in [1.165, 1.54) is 45.4 Å². The fourth-order valence-electron chi connectivity index (χ4n) is 3.41. The van der Waals surface area contributed by atoms with Gasteiger partial charge in [0, 0.05) is 18.6 Å². The van der Waals surface area contributed by atoms with Gasteiger partial charge in [0.2, 0.25) is 0 Å². The molecule has 1 saturated heterocycles. The molecule has 100 valence electrons. The summed E-state index contributed by atoms with van der Waals surface area (Å²) in [6.07, 6.45) is 4.17. The van der Waals surface area contributed by atoms with Gasteiger partial charge in [0.1, 0.15) is 0 Å². The maximum atomic E-state index is 3.50. The van der Waals surface area contributed by atoms with E-state index in [4.69, 9.17) is 0 Å². The number of nitrogens with zero attached hydrogens (tertiary/aromatic N) is 2. The first kappa shape index (κ1) is 13.3. The Kier molecular flexibility index (Phi) is 4.11. The van der Waals surface area contributed by atoms with Crippen molar-refractivity contribution in [1.82, 2.24) is 15.1 Å². The zero-order chi connectivity index (χ0) is 12.5. The van der Waals surface area contributed by atoms with Crippen molar-refractivity contribution < 1.29 is 0 Å². The van der Waals surface area contributed by atoms with E-state index in [2.05, 4.69) is 43.2 Å². The van der Waals surface area contributed by atoms with Crippen LogP contribution in [0.1, 0.15) is 26.2 Å². The molecule has 2 rings (SSSR count). The van der Waals surface area contributed by atoms with Crippen LogP contribution in [-0.2, 0) is 0 Å². The van der Waals surface area contributed by atoms with Crippen molar-refractivity contribution in [3.63, 3.8) is 0 Å². The molecule has 0 aromatic heterocycles. The number of hydrogen-bond acceptors (Lipinski definition) is 3. The molecule has 1 heterocycles. The van der Waals surface area contributed by atoms with Crippen LogP contribution >= 0.6 is 0 Å². The average Bonchev–Trinajstić information content (AvgIpc) is 2.58. The van der Waals surface area contributed by atoms with Crippen molar-refractivity contribution in [2.75, 3.05) is 47.3 Å². The Bertz CT molecular complexity index is 248. The fraction of sp³-hybridized carbons (Fsp3) is 1.00. The van der Waals surface area contributed by atoms with Crippen molar-refractivity contribution in [3.05, 3.63) is 0 Å². The summed E-state index contributed by atoms with van der Waals surface area (Å²) < 4.78 is 0. The highest BCUT2D eigenvalue weighted by Crippen LogP contribution is 2.36. The van der Waals surface area contributed by atoms with E-state index in [-0.39, 0.29) is 0 Å². The summed E-state index contributed by atoms with van der Waals surface area (Å²) in [5.74, 6) is 1.69. The smallest absolute Gasteiger partial charge is 0.0330 e. The lowest BCUT2D eigenvalue weighted by molar-refractivity contribution is 0.0234. The van der Waals surface area contributed by atoms with E-state index >= 15 is 0 Å². The molecule has 1 aliphatic carbocycles. The molecule has 0 amide bonds.